The van der Waals surface area contributed by atoms with Crippen molar-refractivity contribution >= 4 is 17.3 Å². The molecule has 1 heterocycles. The maximum Gasteiger partial charge on any atom is 0.142 e. The molecule has 0 aliphatic carbocycles. The molecular formula is C33H36ClN3O2. The van der Waals surface area contributed by atoms with Crippen LogP contribution < -0.4 is 15.0 Å². The van der Waals surface area contributed by atoms with E-state index in [9.17, 15) is 5.11 Å². The molecule has 0 radical (unpaired) electrons. The second kappa shape index (κ2) is 12.7. The lowest BCUT2D eigenvalue weighted by molar-refractivity contribution is 0.103. The zero-order chi connectivity index (χ0) is 27.1. The lowest BCUT2D eigenvalue weighted by Gasteiger charge is -2.39. The fourth-order valence-electron chi connectivity index (χ4n) is 5.59. The van der Waals surface area contributed by atoms with Gasteiger partial charge in [0.1, 0.15) is 5.75 Å². The molecule has 1 saturated heterocycles. The van der Waals surface area contributed by atoms with Crippen molar-refractivity contribution in [3.63, 3.8) is 0 Å². The summed E-state index contributed by atoms with van der Waals surface area (Å²) in [4.78, 5) is 4.63. The standard InChI is InChI=1S/C33H36ClN3O2/c1-39-32-18-17-29(34)23-31(32)37-21-19-36(20-22-37)25-30(38)24-35-33(26-11-5-2-6-12-26,27-13-7-3-8-14-27)28-15-9-4-10-16-28/h2-18,23,30,35,38H,19-22,24-25H2,1H3. The Hall–Kier alpha value is -3.35. The minimum atomic E-state index is -0.591. The van der Waals surface area contributed by atoms with Crippen molar-refractivity contribution < 1.29 is 9.84 Å². The summed E-state index contributed by atoms with van der Waals surface area (Å²) < 4.78 is 5.56. The predicted octanol–water partition coefficient (Wildman–Crippen LogP) is 5.41. The van der Waals surface area contributed by atoms with Crippen LogP contribution in [0, 0.1) is 0 Å². The Bertz CT molecular complexity index is 1220. The number of piperazine rings is 1. The van der Waals surface area contributed by atoms with Crippen LogP contribution in [0.4, 0.5) is 5.69 Å². The molecule has 1 unspecified atom stereocenters. The minimum Gasteiger partial charge on any atom is -0.495 e. The first kappa shape index (κ1) is 27.2. The third kappa shape index (κ3) is 6.13. The summed E-state index contributed by atoms with van der Waals surface area (Å²) in [5, 5.41) is 15.8. The third-order valence-electron chi connectivity index (χ3n) is 7.55. The van der Waals surface area contributed by atoms with E-state index in [1.807, 2.05) is 36.4 Å². The molecule has 5 rings (SSSR count). The molecule has 39 heavy (non-hydrogen) atoms. The molecule has 0 amide bonds. The lowest BCUT2D eigenvalue weighted by atomic mass is 9.77. The normalized spacial score (nSPS) is 15.2. The van der Waals surface area contributed by atoms with E-state index < -0.39 is 11.6 Å². The molecule has 1 aliphatic rings. The van der Waals surface area contributed by atoms with Crippen molar-refractivity contribution in [3.8, 4) is 5.75 Å². The van der Waals surface area contributed by atoms with E-state index in [2.05, 4.69) is 87.9 Å². The van der Waals surface area contributed by atoms with Crippen LogP contribution in [0.1, 0.15) is 16.7 Å². The van der Waals surface area contributed by atoms with Crippen LogP contribution in [0.3, 0.4) is 0 Å². The number of anilines is 1. The summed E-state index contributed by atoms with van der Waals surface area (Å²) in [6.07, 6.45) is -0.534. The lowest BCUT2D eigenvalue weighted by Crippen LogP contribution is -2.52. The van der Waals surface area contributed by atoms with Gasteiger partial charge in [0.2, 0.25) is 0 Å². The van der Waals surface area contributed by atoms with Crippen LogP contribution >= 0.6 is 11.6 Å². The van der Waals surface area contributed by atoms with Gasteiger partial charge in [-0.15, -0.1) is 0 Å². The summed E-state index contributed by atoms with van der Waals surface area (Å²) in [7, 11) is 1.69. The van der Waals surface area contributed by atoms with E-state index in [0.717, 1.165) is 54.3 Å². The number of rotatable bonds is 10. The van der Waals surface area contributed by atoms with Crippen LogP contribution in [0.15, 0.2) is 109 Å². The van der Waals surface area contributed by atoms with Gasteiger partial charge in [-0.05, 0) is 34.9 Å². The molecule has 6 heteroatoms. The summed E-state index contributed by atoms with van der Waals surface area (Å²) >= 11 is 6.26. The molecule has 5 nitrogen and oxygen atoms in total. The highest BCUT2D eigenvalue weighted by Crippen LogP contribution is 2.37. The maximum atomic E-state index is 11.3. The van der Waals surface area contributed by atoms with E-state index in [1.54, 1.807) is 7.11 Å². The molecule has 0 spiro atoms. The highest BCUT2D eigenvalue weighted by Gasteiger charge is 2.36. The van der Waals surface area contributed by atoms with Gasteiger partial charge in [0.15, 0.2) is 0 Å². The summed E-state index contributed by atoms with van der Waals surface area (Å²) in [6, 6.07) is 37.2. The first-order chi connectivity index (χ1) is 19.1. The number of ether oxygens (including phenoxy) is 1. The van der Waals surface area contributed by atoms with Gasteiger partial charge in [-0.2, -0.15) is 0 Å². The largest absolute Gasteiger partial charge is 0.495 e. The van der Waals surface area contributed by atoms with Crippen molar-refractivity contribution in [1.29, 1.82) is 0 Å². The van der Waals surface area contributed by atoms with E-state index >= 15 is 0 Å². The number of benzene rings is 4. The van der Waals surface area contributed by atoms with Gasteiger partial charge < -0.3 is 14.7 Å². The average Bonchev–Trinajstić information content (AvgIpc) is 2.99. The van der Waals surface area contributed by atoms with Crippen molar-refractivity contribution in [3.05, 3.63) is 131 Å². The third-order valence-corrected chi connectivity index (χ3v) is 7.78. The molecule has 0 aromatic heterocycles. The second-order valence-corrected chi connectivity index (χ2v) is 10.4. The number of hydrogen-bond donors (Lipinski definition) is 2. The molecule has 0 saturated carbocycles. The van der Waals surface area contributed by atoms with Gasteiger partial charge in [-0.1, -0.05) is 103 Å². The number of hydrogen-bond acceptors (Lipinski definition) is 5. The van der Waals surface area contributed by atoms with E-state index in [-0.39, 0.29) is 0 Å². The second-order valence-electron chi connectivity index (χ2n) is 9.99. The quantitative estimate of drug-likeness (QED) is 0.263. The van der Waals surface area contributed by atoms with E-state index in [0.29, 0.717) is 18.1 Å². The van der Waals surface area contributed by atoms with Crippen LogP contribution in [0.2, 0.25) is 5.02 Å². The molecule has 202 valence electrons. The molecule has 4 aromatic rings. The number of nitrogens with zero attached hydrogens (tertiary/aromatic N) is 2. The zero-order valence-electron chi connectivity index (χ0n) is 22.3. The molecule has 2 N–H and O–H groups in total. The Labute approximate surface area is 236 Å². The first-order valence-electron chi connectivity index (χ1n) is 13.5. The Morgan fingerprint density at radius 2 is 1.31 bits per heavy atom. The van der Waals surface area contributed by atoms with E-state index in [1.165, 1.54) is 0 Å². The van der Waals surface area contributed by atoms with Gasteiger partial charge in [-0.3, -0.25) is 10.2 Å². The minimum absolute atomic E-state index is 0.445. The Balaban J connectivity index is 1.30. The smallest absolute Gasteiger partial charge is 0.142 e. The zero-order valence-corrected chi connectivity index (χ0v) is 23.1. The summed E-state index contributed by atoms with van der Waals surface area (Å²) in [5.74, 6) is 0.830. The number of β-amino-alcohol motifs (C(OH)–C–C–N with tert-alkyl or cyclic N) is 1. The fraction of sp³-hybridized carbons (Fsp3) is 0.273. The average molecular weight is 542 g/mol. The molecule has 1 fully saturated rings. The van der Waals surface area contributed by atoms with Crippen LogP contribution in [-0.2, 0) is 5.54 Å². The maximum absolute atomic E-state index is 11.3. The summed E-state index contributed by atoms with van der Waals surface area (Å²) in [6.45, 7) is 4.45. The topological polar surface area (TPSA) is 48.0 Å². The molecule has 0 bridgehead atoms. The highest BCUT2D eigenvalue weighted by atomic mass is 35.5. The van der Waals surface area contributed by atoms with Crippen molar-refractivity contribution in [2.75, 3.05) is 51.3 Å². The Morgan fingerprint density at radius 1 is 0.795 bits per heavy atom. The van der Waals surface area contributed by atoms with Crippen molar-refractivity contribution in [2.45, 2.75) is 11.6 Å². The Kier molecular flexibility index (Phi) is 8.84. The van der Waals surface area contributed by atoms with Gasteiger partial charge in [0.25, 0.3) is 0 Å². The summed E-state index contributed by atoms with van der Waals surface area (Å²) in [5.41, 5.74) is 3.84. The number of aliphatic hydroxyl groups excluding tert-OH is 1. The molecule has 1 atom stereocenters. The van der Waals surface area contributed by atoms with Crippen LogP contribution in [0.25, 0.3) is 0 Å². The van der Waals surface area contributed by atoms with Gasteiger partial charge in [0.05, 0.1) is 24.4 Å². The fourth-order valence-corrected chi connectivity index (χ4v) is 5.75. The van der Waals surface area contributed by atoms with Crippen LogP contribution in [0.5, 0.6) is 5.75 Å². The monoisotopic (exact) mass is 541 g/mol. The van der Waals surface area contributed by atoms with E-state index in [4.69, 9.17) is 16.3 Å². The highest BCUT2D eigenvalue weighted by molar-refractivity contribution is 6.30. The molecule has 4 aromatic carbocycles. The predicted molar refractivity (Wildman–Crippen MR) is 160 cm³/mol. The van der Waals surface area contributed by atoms with Gasteiger partial charge in [0, 0.05) is 44.3 Å². The molecular weight excluding hydrogens is 506 g/mol. The molecule has 1 aliphatic heterocycles. The number of methoxy groups -OCH3 is 1. The van der Waals surface area contributed by atoms with Gasteiger partial charge in [-0.25, -0.2) is 0 Å². The Morgan fingerprint density at radius 3 is 1.79 bits per heavy atom. The number of nitrogens with one attached hydrogen (secondary N) is 1. The van der Waals surface area contributed by atoms with Crippen molar-refractivity contribution in [2.24, 2.45) is 0 Å². The van der Waals surface area contributed by atoms with Crippen molar-refractivity contribution in [1.82, 2.24) is 10.2 Å². The number of halogens is 1. The first-order valence-corrected chi connectivity index (χ1v) is 13.9. The van der Waals surface area contributed by atoms with Crippen LogP contribution in [-0.4, -0.2) is 62.5 Å². The van der Waals surface area contributed by atoms with Gasteiger partial charge >= 0.3 is 0 Å². The number of aliphatic hydroxyl groups is 1. The SMILES string of the molecule is COc1ccc(Cl)cc1N1CCN(CC(O)CNC(c2ccccc2)(c2ccccc2)c2ccccc2)CC1.